The molecule has 0 atom stereocenters. The maximum Gasteiger partial charge on any atom is 0.152 e. The standard InChI is InChI=1S/C15H18N6O2/c1-21-11(8-18-22)20-13-14(21)12-9(19-15(13)17)4-2-5-10(12)23-7-3-6-16/h2,4-5H,3,6-8,16H2,1H3,(H2,17,19). The van der Waals surface area contributed by atoms with Gasteiger partial charge in [-0.1, -0.05) is 11.2 Å². The summed E-state index contributed by atoms with van der Waals surface area (Å²) in [6, 6.07) is 5.61. The molecule has 4 N–H and O–H groups in total. The predicted octanol–water partition coefficient (Wildman–Crippen LogP) is 1.70. The zero-order valence-electron chi connectivity index (χ0n) is 12.8. The van der Waals surface area contributed by atoms with Crippen LogP contribution in [-0.4, -0.2) is 27.7 Å². The van der Waals surface area contributed by atoms with Crippen molar-refractivity contribution < 1.29 is 4.74 Å². The SMILES string of the molecule is Cn1c(CN=O)nc2c(N)nc3cccc(OCCCN)c3c21. The molecule has 0 aliphatic carbocycles. The van der Waals surface area contributed by atoms with Gasteiger partial charge in [0.15, 0.2) is 5.82 Å². The number of nitroso groups, excluding NO2 is 1. The Balaban J connectivity index is 2.28. The first-order chi connectivity index (χ1) is 11.2. The first-order valence-electron chi connectivity index (χ1n) is 7.32. The van der Waals surface area contributed by atoms with Crippen molar-refractivity contribution >= 4 is 27.8 Å². The Bertz CT molecular complexity index is 873. The summed E-state index contributed by atoms with van der Waals surface area (Å²) in [5.74, 6) is 1.55. The number of hydrogen-bond acceptors (Lipinski definition) is 7. The second-order valence-electron chi connectivity index (χ2n) is 5.21. The minimum Gasteiger partial charge on any atom is -0.493 e. The van der Waals surface area contributed by atoms with Crippen LogP contribution in [-0.2, 0) is 13.6 Å². The van der Waals surface area contributed by atoms with Gasteiger partial charge in [0.2, 0.25) is 0 Å². The summed E-state index contributed by atoms with van der Waals surface area (Å²) in [5.41, 5.74) is 13.6. The van der Waals surface area contributed by atoms with Gasteiger partial charge < -0.3 is 20.8 Å². The maximum absolute atomic E-state index is 10.6. The van der Waals surface area contributed by atoms with Crippen molar-refractivity contribution in [3.63, 3.8) is 0 Å². The summed E-state index contributed by atoms with van der Waals surface area (Å²) < 4.78 is 7.66. The highest BCUT2D eigenvalue weighted by Crippen LogP contribution is 2.34. The van der Waals surface area contributed by atoms with Crippen LogP contribution in [0.4, 0.5) is 5.82 Å². The molecule has 0 unspecified atom stereocenters. The lowest BCUT2D eigenvalue weighted by molar-refractivity contribution is 0.317. The lowest BCUT2D eigenvalue weighted by atomic mass is 10.1. The Morgan fingerprint density at radius 3 is 2.91 bits per heavy atom. The van der Waals surface area contributed by atoms with E-state index in [1.807, 2.05) is 29.8 Å². The lowest BCUT2D eigenvalue weighted by Crippen LogP contribution is -2.06. The maximum atomic E-state index is 10.6. The van der Waals surface area contributed by atoms with E-state index in [9.17, 15) is 4.91 Å². The third-order valence-corrected chi connectivity index (χ3v) is 3.72. The number of nitrogens with two attached hydrogens (primary N) is 2. The molecule has 0 spiro atoms. The van der Waals surface area contributed by atoms with Gasteiger partial charge in [0.25, 0.3) is 0 Å². The largest absolute Gasteiger partial charge is 0.493 e. The van der Waals surface area contributed by atoms with E-state index in [-0.39, 0.29) is 6.54 Å². The number of nitrogens with zero attached hydrogens (tertiary/aromatic N) is 4. The molecule has 0 saturated carbocycles. The van der Waals surface area contributed by atoms with Crippen molar-refractivity contribution in [3.8, 4) is 5.75 Å². The van der Waals surface area contributed by atoms with Crippen molar-refractivity contribution in [1.82, 2.24) is 14.5 Å². The summed E-state index contributed by atoms with van der Waals surface area (Å²) in [7, 11) is 1.82. The Morgan fingerprint density at radius 1 is 1.35 bits per heavy atom. The third kappa shape index (κ3) is 2.57. The fourth-order valence-electron chi connectivity index (χ4n) is 2.63. The number of pyridine rings is 1. The topological polar surface area (TPSA) is 121 Å². The Hall–Kier alpha value is -2.74. The zero-order valence-corrected chi connectivity index (χ0v) is 12.8. The van der Waals surface area contributed by atoms with Crippen LogP contribution >= 0.6 is 0 Å². The molecule has 3 aromatic rings. The lowest BCUT2D eigenvalue weighted by Gasteiger charge is -2.11. The highest BCUT2D eigenvalue weighted by atomic mass is 16.5. The van der Waals surface area contributed by atoms with E-state index in [4.69, 9.17) is 16.2 Å². The summed E-state index contributed by atoms with van der Waals surface area (Å²) in [6.45, 7) is 1.05. The zero-order chi connectivity index (χ0) is 16.4. The number of ether oxygens (including phenoxy) is 1. The molecule has 0 aliphatic heterocycles. The number of imidazole rings is 1. The van der Waals surface area contributed by atoms with Gasteiger partial charge in [-0.25, -0.2) is 9.97 Å². The van der Waals surface area contributed by atoms with Crippen LogP contribution in [0.15, 0.2) is 23.4 Å². The van der Waals surface area contributed by atoms with Crippen molar-refractivity contribution in [2.45, 2.75) is 13.0 Å². The molecule has 120 valence electrons. The molecule has 2 heterocycles. The highest BCUT2D eigenvalue weighted by Gasteiger charge is 2.18. The molecule has 3 rings (SSSR count). The predicted molar refractivity (Wildman–Crippen MR) is 89.1 cm³/mol. The monoisotopic (exact) mass is 314 g/mol. The van der Waals surface area contributed by atoms with Gasteiger partial charge in [-0.3, -0.25) is 0 Å². The summed E-state index contributed by atoms with van der Waals surface area (Å²) in [4.78, 5) is 19.4. The van der Waals surface area contributed by atoms with Crippen LogP contribution in [0.25, 0.3) is 21.9 Å². The number of nitrogen functional groups attached to an aromatic ring is 1. The Morgan fingerprint density at radius 2 is 2.17 bits per heavy atom. The summed E-state index contributed by atoms with van der Waals surface area (Å²) in [6.07, 6.45) is 0.758. The van der Waals surface area contributed by atoms with E-state index in [0.717, 1.165) is 17.3 Å². The average molecular weight is 314 g/mol. The molecule has 0 saturated heterocycles. The van der Waals surface area contributed by atoms with Crippen LogP contribution < -0.4 is 16.2 Å². The normalized spacial score (nSPS) is 11.2. The van der Waals surface area contributed by atoms with Gasteiger partial charge in [0, 0.05) is 7.05 Å². The first kappa shape index (κ1) is 15.2. The molecule has 23 heavy (non-hydrogen) atoms. The summed E-state index contributed by atoms with van der Waals surface area (Å²) >= 11 is 0. The molecule has 8 heteroatoms. The van der Waals surface area contributed by atoms with E-state index < -0.39 is 0 Å². The van der Waals surface area contributed by atoms with Crippen LogP contribution in [0.1, 0.15) is 12.2 Å². The van der Waals surface area contributed by atoms with Gasteiger partial charge in [0.05, 0.1) is 23.0 Å². The molecular weight excluding hydrogens is 296 g/mol. The van der Waals surface area contributed by atoms with Crippen molar-refractivity contribution in [3.05, 3.63) is 28.9 Å². The second-order valence-corrected chi connectivity index (χ2v) is 5.21. The molecule has 0 aliphatic rings. The number of hydrogen-bond donors (Lipinski definition) is 2. The van der Waals surface area contributed by atoms with Crippen LogP contribution in [0.3, 0.4) is 0 Å². The Labute approximate surface area is 132 Å². The van der Waals surface area contributed by atoms with E-state index in [0.29, 0.717) is 41.6 Å². The van der Waals surface area contributed by atoms with Crippen molar-refractivity contribution in [2.75, 3.05) is 18.9 Å². The van der Waals surface area contributed by atoms with Crippen molar-refractivity contribution in [1.29, 1.82) is 0 Å². The molecule has 0 radical (unpaired) electrons. The van der Waals surface area contributed by atoms with Gasteiger partial charge in [-0.05, 0) is 25.1 Å². The smallest absolute Gasteiger partial charge is 0.152 e. The minimum absolute atomic E-state index is 0.0255. The number of benzene rings is 1. The van der Waals surface area contributed by atoms with Gasteiger partial charge in [-0.2, -0.15) is 4.91 Å². The fourth-order valence-corrected chi connectivity index (χ4v) is 2.63. The molecule has 8 nitrogen and oxygen atoms in total. The van der Waals surface area contributed by atoms with E-state index in [2.05, 4.69) is 15.1 Å². The van der Waals surface area contributed by atoms with Crippen LogP contribution in [0.5, 0.6) is 5.75 Å². The second kappa shape index (κ2) is 6.17. The number of aromatic nitrogens is 3. The van der Waals surface area contributed by atoms with E-state index in [1.54, 1.807) is 0 Å². The van der Waals surface area contributed by atoms with Crippen LogP contribution in [0.2, 0.25) is 0 Å². The van der Waals surface area contributed by atoms with E-state index >= 15 is 0 Å². The number of fused-ring (bicyclic) bond motifs is 3. The molecule has 0 fully saturated rings. The van der Waals surface area contributed by atoms with Gasteiger partial charge >= 0.3 is 0 Å². The number of anilines is 1. The number of rotatable bonds is 6. The van der Waals surface area contributed by atoms with Gasteiger partial charge in [-0.15, -0.1) is 0 Å². The minimum atomic E-state index is -0.0255. The number of aryl methyl sites for hydroxylation is 1. The quantitative estimate of drug-likeness (QED) is 0.527. The molecular formula is C15H18N6O2. The molecule has 1 aromatic carbocycles. The van der Waals surface area contributed by atoms with E-state index in [1.165, 1.54) is 0 Å². The first-order valence-corrected chi connectivity index (χ1v) is 7.32. The third-order valence-electron chi connectivity index (χ3n) is 3.72. The van der Waals surface area contributed by atoms with Crippen molar-refractivity contribution in [2.24, 2.45) is 18.0 Å². The molecule has 0 amide bonds. The average Bonchev–Trinajstić information content (AvgIpc) is 2.86. The molecule has 2 aromatic heterocycles. The van der Waals surface area contributed by atoms with Crippen LogP contribution in [0, 0.1) is 4.91 Å². The van der Waals surface area contributed by atoms with Gasteiger partial charge in [0.1, 0.15) is 23.6 Å². The summed E-state index contributed by atoms with van der Waals surface area (Å²) in [5, 5.41) is 3.74. The Kier molecular flexibility index (Phi) is 4.07. The fraction of sp³-hybridized carbons (Fsp3) is 0.333. The molecule has 0 bridgehead atoms. The highest BCUT2D eigenvalue weighted by molar-refractivity contribution is 6.09.